The Labute approximate surface area is 114 Å². The minimum atomic E-state index is -1.49. The number of amides is 2. The Kier molecular flexibility index (Phi) is 5.01. The molecule has 0 aromatic carbocycles. The minimum Gasteiger partial charge on any atom is -0.481 e. The van der Waals surface area contributed by atoms with Gasteiger partial charge in [-0.3, -0.25) is 9.78 Å². The molecule has 0 saturated heterocycles. The van der Waals surface area contributed by atoms with Gasteiger partial charge in [0, 0.05) is 5.69 Å². The summed E-state index contributed by atoms with van der Waals surface area (Å²) >= 11 is 0. The molecule has 0 saturated carbocycles. The first kappa shape index (κ1) is 15.4. The Hall–Kier alpha value is -2.64. The van der Waals surface area contributed by atoms with Crippen LogP contribution in [0.3, 0.4) is 0 Å². The van der Waals surface area contributed by atoms with Crippen molar-refractivity contribution in [3.63, 3.8) is 0 Å². The third kappa shape index (κ3) is 4.56. The molecule has 4 N–H and O–H groups in total. The Bertz CT molecular complexity index is 544. The van der Waals surface area contributed by atoms with E-state index < -0.39 is 30.4 Å². The lowest BCUT2D eigenvalue weighted by Gasteiger charge is -2.14. The molecule has 8 heteroatoms. The predicted molar refractivity (Wildman–Crippen MR) is 69.5 cm³/mol. The lowest BCUT2D eigenvalue weighted by Crippen LogP contribution is -2.44. The number of rotatable bonds is 5. The molecule has 0 aliphatic carbocycles. The molecule has 8 nitrogen and oxygen atoms in total. The number of anilines is 1. The number of nitrogens with zero attached hydrogens (tertiary/aromatic N) is 1. The summed E-state index contributed by atoms with van der Waals surface area (Å²) < 4.78 is 0. The van der Waals surface area contributed by atoms with Crippen LogP contribution in [0, 0.1) is 13.8 Å². The fourth-order valence-corrected chi connectivity index (χ4v) is 1.51. The van der Waals surface area contributed by atoms with Gasteiger partial charge >= 0.3 is 18.0 Å². The van der Waals surface area contributed by atoms with Crippen molar-refractivity contribution < 1.29 is 24.6 Å². The number of hydrogen-bond donors (Lipinski definition) is 4. The number of pyridine rings is 1. The highest BCUT2D eigenvalue weighted by Crippen LogP contribution is 2.12. The zero-order chi connectivity index (χ0) is 15.3. The molecular formula is C12H15N3O5. The zero-order valence-corrected chi connectivity index (χ0v) is 11.0. The van der Waals surface area contributed by atoms with Crippen LogP contribution in [0.5, 0.6) is 0 Å². The second-order valence-electron chi connectivity index (χ2n) is 4.17. The Morgan fingerprint density at radius 1 is 1.25 bits per heavy atom. The van der Waals surface area contributed by atoms with Gasteiger partial charge in [-0.2, -0.15) is 0 Å². The predicted octanol–water partition coefficient (Wildman–Crippen LogP) is 0.748. The van der Waals surface area contributed by atoms with Crippen molar-refractivity contribution in [2.24, 2.45) is 0 Å². The van der Waals surface area contributed by atoms with E-state index in [9.17, 15) is 14.4 Å². The lowest BCUT2D eigenvalue weighted by atomic mass is 10.2. The van der Waals surface area contributed by atoms with E-state index in [-0.39, 0.29) is 0 Å². The van der Waals surface area contributed by atoms with Crippen LogP contribution < -0.4 is 10.6 Å². The van der Waals surface area contributed by atoms with Crippen LogP contribution in [-0.4, -0.2) is 39.2 Å². The number of aliphatic carboxylic acids is 2. The van der Waals surface area contributed by atoms with Gasteiger partial charge in [-0.15, -0.1) is 0 Å². The molecule has 1 atom stereocenters. The van der Waals surface area contributed by atoms with E-state index in [1.165, 1.54) is 0 Å². The topological polar surface area (TPSA) is 129 Å². The van der Waals surface area contributed by atoms with Crippen molar-refractivity contribution >= 4 is 23.7 Å². The number of carbonyl (C=O) groups is 3. The molecule has 0 aliphatic rings. The highest BCUT2D eigenvalue weighted by molar-refractivity contribution is 5.93. The first-order valence-corrected chi connectivity index (χ1v) is 5.76. The van der Waals surface area contributed by atoms with E-state index in [4.69, 9.17) is 10.2 Å². The van der Waals surface area contributed by atoms with Crippen molar-refractivity contribution in [1.82, 2.24) is 10.3 Å². The maximum Gasteiger partial charge on any atom is 0.326 e. The Balaban J connectivity index is 2.70. The molecule has 0 bridgehead atoms. The number of aromatic nitrogens is 1. The van der Waals surface area contributed by atoms with Gasteiger partial charge in [0.05, 0.1) is 17.8 Å². The Morgan fingerprint density at radius 2 is 1.90 bits per heavy atom. The first-order valence-electron chi connectivity index (χ1n) is 5.76. The summed E-state index contributed by atoms with van der Waals surface area (Å²) in [7, 11) is 0. The lowest BCUT2D eigenvalue weighted by molar-refractivity contribution is -0.145. The molecule has 1 rings (SSSR count). The first-order chi connectivity index (χ1) is 9.29. The zero-order valence-electron chi connectivity index (χ0n) is 11.0. The maximum atomic E-state index is 11.6. The van der Waals surface area contributed by atoms with Crippen LogP contribution in [0.15, 0.2) is 12.1 Å². The smallest absolute Gasteiger partial charge is 0.326 e. The number of carboxylic acids is 2. The summed E-state index contributed by atoms with van der Waals surface area (Å²) in [5.41, 5.74) is 1.78. The van der Waals surface area contributed by atoms with Crippen molar-refractivity contribution in [1.29, 1.82) is 0 Å². The van der Waals surface area contributed by atoms with Crippen molar-refractivity contribution in [2.45, 2.75) is 26.3 Å². The highest BCUT2D eigenvalue weighted by atomic mass is 16.4. The van der Waals surface area contributed by atoms with Gasteiger partial charge in [-0.25, -0.2) is 9.59 Å². The number of nitrogens with one attached hydrogen (secondary N) is 2. The quantitative estimate of drug-likeness (QED) is 0.630. The average Bonchev–Trinajstić information content (AvgIpc) is 2.31. The second kappa shape index (κ2) is 6.50. The Morgan fingerprint density at radius 3 is 2.40 bits per heavy atom. The number of carbonyl (C=O) groups excluding carboxylic acids is 1. The van der Waals surface area contributed by atoms with Crippen molar-refractivity contribution in [3.8, 4) is 0 Å². The van der Waals surface area contributed by atoms with Crippen molar-refractivity contribution in [3.05, 3.63) is 23.5 Å². The summed E-state index contributed by atoms with van der Waals surface area (Å²) in [5.74, 6) is -2.73. The fraction of sp³-hybridized carbons (Fsp3) is 0.333. The van der Waals surface area contributed by atoms with E-state index in [1.807, 2.05) is 0 Å². The molecular weight excluding hydrogens is 266 g/mol. The third-order valence-corrected chi connectivity index (χ3v) is 2.46. The van der Waals surface area contributed by atoms with Crippen molar-refractivity contribution in [2.75, 3.05) is 5.32 Å². The van der Waals surface area contributed by atoms with E-state index in [2.05, 4.69) is 15.6 Å². The minimum absolute atomic E-state index is 0.424. The van der Waals surface area contributed by atoms with Gasteiger partial charge in [0.1, 0.15) is 6.04 Å². The molecule has 108 valence electrons. The average molecular weight is 281 g/mol. The SMILES string of the molecule is Cc1ccc(NC(=O)N[C@@H](CC(=O)O)C(=O)O)c(C)n1. The molecule has 0 unspecified atom stereocenters. The molecule has 1 aromatic rings. The van der Waals surface area contributed by atoms with Gasteiger partial charge in [0.25, 0.3) is 0 Å². The van der Waals surface area contributed by atoms with Crippen LogP contribution in [-0.2, 0) is 9.59 Å². The van der Waals surface area contributed by atoms with E-state index in [0.717, 1.165) is 5.69 Å². The molecule has 0 fully saturated rings. The van der Waals surface area contributed by atoms with E-state index in [0.29, 0.717) is 11.4 Å². The monoisotopic (exact) mass is 281 g/mol. The molecule has 0 aliphatic heterocycles. The summed E-state index contributed by atoms with van der Waals surface area (Å²) in [6.45, 7) is 3.48. The molecule has 1 aromatic heterocycles. The number of urea groups is 1. The van der Waals surface area contributed by atoms with Gasteiger partial charge in [-0.05, 0) is 26.0 Å². The van der Waals surface area contributed by atoms with Crippen LogP contribution in [0.2, 0.25) is 0 Å². The molecule has 1 heterocycles. The molecule has 20 heavy (non-hydrogen) atoms. The van der Waals surface area contributed by atoms with Gasteiger partial charge < -0.3 is 20.8 Å². The summed E-state index contributed by atoms with van der Waals surface area (Å²) in [6, 6.07) is 1.03. The molecule has 0 radical (unpaired) electrons. The van der Waals surface area contributed by atoms with E-state index in [1.54, 1.807) is 26.0 Å². The largest absolute Gasteiger partial charge is 0.481 e. The van der Waals surface area contributed by atoms with Gasteiger partial charge in [0.15, 0.2) is 0 Å². The van der Waals surface area contributed by atoms with Crippen LogP contribution >= 0.6 is 0 Å². The second-order valence-corrected chi connectivity index (χ2v) is 4.17. The number of hydrogen-bond acceptors (Lipinski definition) is 4. The molecule has 2 amide bonds. The van der Waals surface area contributed by atoms with E-state index >= 15 is 0 Å². The summed E-state index contributed by atoms with van der Waals surface area (Å²) in [6.07, 6.45) is -0.701. The number of aryl methyl sites for hydroxylation is 2. The number of carboxylic acid groups (broad SMARTS) is 2. The maximum absolute atomic E-state index is 11.6. The fourth-order valence-electron chi connectivity index (χ4n) is 1.51. The highest BCUT2D eigenvalue weighted by Gasteiger charge is 2.23. The van der Waals surface area contributed by atoms with Crippen LogP contribution in [0.4, 0.5) is 10.5 Å². The van der Waals surface area contributed by atoms with Gasteiger partial charge in [-0.1, -0.05) is 0 Å². The van der Waals surface area contributed by atoms with Gasteiger partial charge in [0.2, 0.25) is 0 Å². The van der Waals surface area contributed by atoms with Crippen LogP contribution in [0.1, 0.15) is 17.8 Å². The van der Waals surface area contributed by atoms with Crippen LogP contribution in [0.25, 0.3) is 0 Å². The molecule has 0 spiro atoms. The third-order valence-electron chi connectivity index (χ3n) is 2.46. The normalized spacial score (nSPS) is 11.5. The summed E-state index contributed by atoms with van der Waals surface area (Å²) in [5, 5.41) is 21.9. The standard InChI is InChI=1S/C12H15N3O5/c1-6-3-4-8(7(2)13-6)14-12(20)15-9(11(18)19)5-10(16)17/h3-4,9H,5H2,1-2H3,(H,16,17)(H,18,19)(H2,14,15,20)/t9-/m0/s1. The summed E-state index contributed by atoms with van der Waals surface area (Å²) in [4.78, 5) is 37.1.